The molecule has 2 heterocycles. The molecule has 1 aromatic carbocycles. The number of likely N-dealkylation sites (N-methyl/N-ethyl adjacent to an activating group) is 1. The molecule has 0 bridgehead atoms. The van der Waals surface area contributed by atoms with Gasteiger partial charge in [-0.3, -0.25) is 0 Å². The third kappa shape index (κ3) is 2.79. The van der Waals surface area contributed by atoms with Gasteiger partial charge in [-0.25, -0.2) is 4.98 Å². The highest BCUT2D eigenvalue weighted by Gasteiger charge is 2.26. The Bertz CT molecular complexity index is 636. The van der Waals surface area contributed by atoms with E-state index in [1.807, 2.05) is 19.1 Å². The number of fused-ring (bicyclic) bond motifs is 1. The van der Waals surface area contributed by atoms with Crippen LogP contribution in [0.25, 0.3) is 11.0 Å². The summed E-state index contributed by atoms with van der Waals surface area (Å²) in [5, 5.41) is 0.582. The third-order valence-corrected chi connectivity index (χ3v) is 4.85. The zero-order valence-corrected chi connectivity index (χ0v) is 14.0. The van der Waals surface area contributed by atoms with Gasteiger partial charge >= 0.3 is 0 Å². The van der Waals surface area contributed by atoms with Gasteiger partial charge < -0.3 is 9.47 Å². The van der Waals surface area contributed by atoms with Crippen LogP contribution in [-0.4, -0.2) is 34.1 Å². The van der Waals surface area contributed by atoms with E-state index in [9.17, 15) is 0 Å². The molecule has 2 aromatic rings. The van der Waals surface area contributed by atoms with Crippen molar-refractivity contribution in [3.63, 3.8) is 0 Å². The zero-order chi connectivity index (χ0) is 15.0. The summed E-state index contributed by atoms with van der Waals surface area (Å²) in [5.41, 5.74) is 1.98. The molecule has 1 aliphatic rings. The highest BCUT2D eigenvalue weighted by atomic mass is 35.5. The van der Waals surface area contributed by atoms with Crippen LogP contribution in [0.5, 0.6) is 0 Å². The van der Waals surface area contributed by atoms with Crippen molar-refractivity contribution >= 4 is 34.2 Å². The second-order valence-electron chi connectivity index (χ2n) is 5.75. The lowest BCUT2D eigenvalue weighted by Crippen LogP contribution is -2.36. The van der Waals surface area contributed by atoms with Gasteiger partial charge in [0.05, 0.1) is 15.9 Å². The minimum Gasteiger partial charge on any atom is -0.322 e. The lowest BCUT2D eigenvalue weighted by molar-refractivity contribution is 0.185. The number of nitrogens with zero attached hydrogens (tertiary/aromatic N) is 3. The van der Waals surface area contributed by atoms with Crippen molar-refractivity contribution in [3.8, 4) is 0 Å². The fourth-order valence-corrected chi connectivity index (χ4v) is 3.66. The summed E-state index contributed by atoms with van der Waals surface area (Å²) in [5.74, 6) is 0.933. The van der Waals surface area contributed by atoms with Crippen LogP contribution in [0.2, 0.25) is 5.02 Å². The van der Waals surface area contributed by atoms with Crippen LogP contribution in [0.15, 0.2) is 18.2 Å². The number of alkyl halides is 1. The van der Waals surface area contributed by atoms with E-state index in [1.54, 1.807) is 0 Å². The lowest BCUT2D eigenvalue weighted by Gasteiger charge is -2.34. The fourth-order valence-electron chi connectivity index (χ4n) is 3.29. The Morgan fingerprint density at radius 1 is 1.43 bits per heavy atom. The normalized spacial score (nSPS) is 21.8. The summed E-state index contributed by atoms with van der Waals surface area (Å²) in [6.07, 6.45) is 2.39. The zero-order valence-electron chi connectivity index (χ0n) is 12.5. The van der Waals surface area contributed by atoms with Crippen molar-refractivity contribution in [1.29, 1.82) is 0 Å². The smallest absolute Gasteiger partial charge is 0.128 e. The first kappa shape index (κ1) is 15.1. The van der Waals surface area contributed by atoms with Crippen LogP contribution < -0.4 is 0 Å². The Labute approximate surface area is 135 Å². The molecule has 3 rings (SSSR count). The van der Waals surface area contributed by atoms with Crippen LogP contribution >= 0.6 is 23.2 Å². The molecule has 0 radical (unpaired) electrons. The van der Waals surface area contributed by atoms with E-state index in [4.69, 9.17) is 28.2 Å². The Morgan fingerprint density at radius 3 is 2.95 bits per heavy atom. The average molecular weight is 326 g/mol. The minimum atomic E-state index is -0.120. The maximum Gasteiger partial charge on any atom is 0.128 e. The third-order valence-electron chi connectivity index (χ3n) is 4.35. The topological polar surface area (TPSA) is 21.1 Å². The van der Waals surface area contributed by atoms with Gasteiger partial charge in [-0.2, -0.15) is 0 Å². The molecule has 0 aliphatic carbocycles. The van der Waals surface area contributed by atoms with Gasteiger partial charge in [0, 0.05) is 12.6 Å². The predicted octanol–water partition coefficient (Wildman–Crippen LogP) is 4.65. The summed E-state index contributed by atoms with van der Waals surface area (Å²) in [4.78, 5) is 7.21. The van der Waals surface area contributed by atoms with E-state index >= 15 is 0 Å². The molecule has 0 spiro atoms. The van der Waals surface area contributed by atoms with Crippen molar-refractivity contribution in [1.82, 2.24) is 14.5 Å². The number of likely N-dealkylation sites (tertiary alicyclic amines) is 1. The van der Waals surface area contributed by atoms with Crippen LogP contribution in [0.3, 0.4) is 0 Å². The molecule has 1 aromatic heterocycles. The summed E-state index contributed by atoms with van der Waals surface area (Å²) < 4.78 is 2.32. The number of rotatable bonds is 3. The molecule has 1 fully saturated rings. The van der Waals surface area contributed by atoms with E-state index < -0.39 is 0 Å². The molecule has 5 heteroatoms. The van der Waals surface area contributed by atoms with Gasteiger partial charge in [0.15, 0.2) is 0 Å². The maximum absolute atomic E-state index is 6.38. The van der Waals surface area contributed by atoms with E-state index in [0.717, 1.165) is 29.9 Å². The molecular formula is C16H21Cl2N3. The number of hydrogen-bond donors (Lipinski definition) is 0. The summed E-state index contributed by atoms with van der Waals surface area (Å²) in [6, 6.07) is 6.41. The van der Waals surface area contributed by atoms with Gasteiger partial charge in [0.1, 0.15) is 11.3 Å². The number of aromatic nitrogens is 2. The molecular weight excluding hydrogens is 305 g/mol. The lowest BCUT2D eigenvalue weighted by atomic mass is 10.0. The standard InChI is InChI=1S/C16H21Cl2N3/c1-3-20-9-5-6-12(10-20)21-14-8-4-7-13(18)15(14)19-16(21)11(2)17/h4,7-8,11-12H,3,5-6,9-10H2,1-2H3. The van der Waals surface area contributed by atoms with Gasteiger partial charge in [-0.05, 0) is 45.0 Å². The predicted molar refractivity (Wildman–Crippen MR) is 89.4 cm³/mol. The number of hydrogen-bond acceptors (Lipinski definition) is 2. The van der Waals surface area contributed by atoms with E-state index in [2.05, 4.69) is 22.5 Å². The first-order chi connectivity index (χ1) is 10.1. The van der Waals surface area contributed by atoms with Crippen molar-refractivity contribution in [3.05, 3.63) is 29.0 Å². The molecule has 2 unspecified atom stereocenters. The maximum atomic E-state index is 6.38. The van der Waals surface area contributed by atoms with E-state index in [1.165, 1.54) is 19.4 Å². The van der Waals surface area contributed by atoms with E-state index in [-0.39, 0.29) is 5.38 Å². The second kappa shape index (κ2) is 6.15. The number of imidazole rings is 1. The van der Waals surface area contributed by atoms with Crippen molar-refractivity contribution in [2.45, 2.75) is 38.1 Å². The Morgan fingerprint density at radius 2 is 2.24 bits per heavy atom. The quantitative estimate of drug-likeness (QED) is 0.766. The molecule has 3 nitrogen and oxygen atoms in total. The summed E-state index contributed by atoms with van der Waals surface area (Å²) in [7, 11) is 0. The molecule has 0 saturated carbocycles. The Balaban J connectivity index is 2.11. The number of para-hydroxylation sites is 1. The molecule has 0 N–H and O–H groups in total. The molecule has 1 saturated heterocycles. The Hall–Kier alpha value is -0.770. The largest absolute Gasteiger partial charge is 0.322 e. The van der Waals surface area contributed by atoms with Crippen LogP contribution in [-0.2, 0) is 0 Å². The van der Waals surface area contributed by atoms with Crippen LogP contribution in [0.1, 0.15) is 43.9 Å². The van der Waals surface area contributed by atoms with Crippen LogP contribution in [0.4, 0.5) is 0 Å². The first-order valence-corrected chi connectivity index (χ1v) is 8.46. The van der Waals surface area contributed by atoms with Crippen molar-refractivity contribution in [2.75, 3.05) is 19.6 Å². The molecule has 2 atom stereocenters. The number of halogens is 2. The molecule has 1 aliphatic heterocycles. The number of benzene rings is 1. The highest BCUT2D eigenvalue weighted by Crippen LogP contribution is 2.34. The van der Waals surface area contributed by atoms with Crippen molar-refractivity contribution < 1.29 is 0 Å². The molecule has 21 heavy (non-hydrogen) atoms. The van der Waals surface area contributed by atoms with E-state index in [0.29, 0.717) is 11.1 Å². The average Bonchev–Trinajstić information content (AvgIpc) is 2.88. The van der Waals surface area contributed by atoms with Gasteiger partial charge in [-0.1, -0.05) is 24.6 Å². The number of piperidine rings is 1. The molecule has 114 valence electrons. The SMILES string of the molecule is CCN1CCCC(n2c(C(C)Cl)nc3c(Cl)cccc32)C1. The van der Waals surface area contributed by atoms with Gasteiger partial charge in [-0.15, -0.1) is 11.6 Å². The van der Waals surface area contributed by atoms with Crippen LogP contribution in [0, 0.1) is 0 Å². The molecule has 0 amide bonds. The monoisotopic (exact) mass is 325 g/mol. The first-order valence-electron chi connectivity index (χ1n) is 7.64. The van der Waals surface area contributed by atoms with Gasteiger partial charge in [0.2, 0.25) is 0 Å². The fraction of sp³-hybridized carbons (Fsp3) is 0.562. The summed E-state index contributed by atoms with van der Waals surface area (Å²) in [6.45, 7) is 7.54. The second-order valence-corrected chi connectivity index (χ2v) is 6.81. The van der Waals surface area contributed by atoms with Crippen molar-refractivity contribution in [2.24, 2.45) is 0 Å². The van der Waals surface area contributed by atoms with Gasteiger partial charge in [0.25, 0.3) is 0 Å². The highest BCUT2D eigenvalue weighted by molar-refractivity contribution is 6.35. The Kier molecular flexibility index (Phi) is 4.43. The minimum absolute atomic E-state index is 0.120. The summed E-state index contributed by atoms with van der Waals surface area (Å²) >= 11 is 12.7.